The Morgan fingerprint density at radius 1 is 1.25 bits per heavy atom. The van der Waals surface area contributed by atoms with Gasteiger partial charge in [0.15, 0.2) is 11.5 Å². The Morgan fingerprint density at radius 3 is 2.64 bits per heavy atom. The molecule has 1 aromatic rings. The van der Waals surface area contributed by atoms with E-state index >= 15 is 0 Å². The molecule has 0 aromatic heterocycles. The van der Waals surface area contributed by atoms with E-state index < -0.39 is 30.1 Å². The summed E-state index contributed by atoms with van der Waals surface area (Å²) in [6.45, 7) is 1.57. The Hall–Kier alpha value is -2.88. The lowest BCUT2D eigenvalue weighted by atomic mass is 9.77. The molecular formula is C27H36N2O7. The second-order valence-corrected chi connectivity index (χ2v) is 9.51. The van der Waals surface area contributed by atoms with E-state index in [1.165, 1.54) is 13.2 Å². The van der Waals surface area contributed by atoms with Crippen LogP contribution in [0.4, 0.5) is 0 Å². The van der Waals surface area contributed by atoms with Gasteiger partial charge in [0, 0.05) is 23.7 Å². The molecule has 3 aliphatic rings. The molecule has 0 saturated heterocycles. The van der Waals surface area contributed by atoms with E-state index in [9.17, 15) is 24.9 Å². The number of allylic oxidation sites excluding steroid dienone is 1. The van der Waals surface area contributed by atoms with E-state index in [1.807, 2.05) is 6.92 Å². The lowest BCUT2D eigenvalue weighted by Gasteiger charge is -2.42. The van der Waals surface area contributed by atoms with Crippen molar-refractivity contribution >= 4 is 11.8 Å². The van der Waals surface area contributed by atoms with Crippen molar-refractivity contribution in [3.63, 3.8) is 0 Å². The normalized spacial score (nSPS) is 25.2. The number of rotatable bonds is 9. The quantitative estimate of drug-likeness (QED) is 0.379. The number of nitrogens with one attached hydrogen (secondary N) is 1. The Morgan fingerprint density at radius 2 is 2.00 bits per heavy atom. The van der Waals surface area contributed by atoms with Gasteiger partial charge in [0.25, 0.3) is 0 Å². The predicted octanol–water partition coefficient (Wildman–Crippen LogP) is 1.55. The van der Waals surface area contributed by atoms with Gasteiger partial charge in [0.05, 0.1) is 32.3 Å². The first kappa shape index (κ1) is 26.2. The van der Waals surface area contributed by atoms with Crippen molar-refractivity contribution < 1.29 is 34.4 Å². The highest BCUT2D eigenvalue weighted by Gasteiger charge is 2.52. The van der Waals surface area contributed by atoms with Gasteiger partial charge in [-0.25, -0.2) is 0 Å². The molecule has 196 valence electrons. The van der Waals surface area contributed by atoms with Crippen LogP contribution in [0.1, 0.15) is 56.1 Å². The topological polar surface area (TPSA) is 129 Å². The highest BCUT2D eigenvalue weighted by molar-refractivity contribution is 5.96. The van der Waals surface area contributed by atoms with Crippen molar-refractivity contribution in [1.82, 2.24) is 10.2 Å². The molecule has 1 heterocycles. The van der Waals surface area contributed by atoms with Crippen LogP contribution in [-0.2, 0) is 16.2 Å². The number of aliphatic hydroxyl groups is 3. The molecule has 1 aromatic carbocycles. The first-order valence-electron chi connectivity index (χ1n) is 12.7. The van der Waals surface area contributed by atoms with Crippen molar-refractivity contribution in [2.45, 2.75) is 75.8 Å². The summed E-state index contributed by atoms with van der Waals surface area (Å²) >= 11 is 0. The van der Waals surface area contributed by atoms with Crippen molar-refractivity contribution in [1.29, 1.82) is 0 Å². The zero-order valence-corrected chi connectivity index (χ0v) is 20.9. The average molecular weight is 501 g/mol. The molecule has 2 amide bonds. The van der Waals surface area contributed by atoms with Crippen LogP contribution in [0.3, 0.4) is 0 Å². The monoisotopic (exact) mass is 500 g/mol. The molecule has 36 heavy (non-hydrogen) atoms. The van der Waals surface area contributed by atoms with Crippen LogP contribution >= 0.6 is 0 Å². The summed E-state index contributed by atoms with van der Waals surface area (Å²) in [5.74, 6) is -0.414. The molecule has 1 fully saturated rings. The summed E-state index contributed by atoms with van der Waals surface area (Å²) in [6, 6.07) is 2.61. The zero-order valence-electron chi connectivity index (χ0n) is 20.9. The Kier molecular flexibility index (Phi) is 8.33. The molecule has 1 saturated carbocycles. The van der Waals surface area contributed by atoms with Crippen LogP contribution in [0.5, 0.6) is 11.5 Å². The number of nitrogens with zero attached hydrogens (tertiary/aromatic N) is 1. The largest absolute Gasteiger partial charge is 0.493 e. The van der Waals surface area contributed by atoms with Crippen molar-refractivity contribution in [3.05, 3.63) is 47.1 Å². The molecule has 0 spiro atoms. The highest BCUT2D eigenvalue weighted by Crippen LogP contribution is 2.51. The van der Waals surface area contributed by atoms with Gasteiger partial charge in [-0.1, -0.05) is 25.8 Å². The standard InChI is InChI=1S/C27H36N2O7/c1-3-4-9-22(32)29(17-7-5-6-8-17)20-14-19(27(34)28-10-11-30)23-18-12-16(15-31)13-21(35-2)25(18)36-26(23)24(20)33/h4,9,12-14,17,20,23-24,26,30-31,33H,3,5-8,10-11,15H2,1-2H3,(H,28,34). The first-order chi connectivity index (χ1) is 17.4. The maximum absolute atomic E-state index is 13.4. The average Bonchev–Trinajstić information content (AvgIpc) is 3.55. The predicted molar refractivity (Wildman–Crippen MR) is 133 cm³/mol. The Balaban J connectivity index is 1.82. The number of hydrogen-bond acceptors (Lipinski definition) is 7. The van der Waals surface area contributed by atoms with Crippen molar-refractivity contribution in [3.8, 4) is 11.5 Å². The molecule has 4 N–H and O–H groups in total. The molecule has 4 rings (SSSR count). The van der Waals surface area contributed by atoms with Gasteiger partial charge in [-0.2, -0.15) is 0 Å². The fourth-order valence-electron chi connectivity index (χ4n) is 5.65. The third kappa shape index (κ3) is 4.87. The van der Waals surface area contributed by atoms with E-state index in [-0.39, 0.29) is 31.7 Å². The maximum atomic E-state index is 13.4. The third-order valence-corrected chi connectivity index (χ3v) is 7.28. The van der Waals surface area contributed by atoms with Crippen LogP contribution in [-0.4, -0.2) is 76.6 Å². The number of amides is 2. The molecule has 0 radical (unpaired) electrons. The molecule has 1 aliphatic heterocycles. The Bertz CT molecular complexity index is 1030. The van der Waals surface area contributed by atoms with Crippen molar-refractivity contribution in [2.24, 2.45) is 0 Å². The van der Waals surface area contributed by atoms with Crippen LogP contribution < -0.4 is 14.8 Å². The number of aliphatic hydroxyl groups excluding tert-OH is 3. The van der Waals surface area contributed by atoms with Gasteiger partial charge in [-0.15, -0.1) is 0 Å². The van der Waals surface area contributed by atoms with E-state index in [0.717, 1.165) is 25.7 Å². The van der Waals surface area contributed by atoms with Gasteiger partial charge in [-0.3, -0.25) is 9.59 Å². The lowest BCUT2D eigenvalue weighted by molar-refractivity contribution is -0.135. The van der Waals surface area contributed by atoms with Crippen LogP contribution in [0.25, 0.3) is 0 Å². The van der Waals surface area contributed by atoms with Crippen LogP contribution in [0, 0.1) is 0 Å². The SMILES string of the molecule is CCC=CC(=O)N(C1CCCC1)C1C=C(C(=O)NCCO)C2c3cc(CO)cc(OC)c3OC2C1O. The Labute approximate surface area is 211 Å². The number of benzene rings is 1. The summed E-state index contributed by atoms with van der Waals surface area (Å²) in [5.41, 5.74) is 1.58. The lowest BCUT2D eigenvalue weighted by Crippen LogP contribution is -2.57. The number of carbonyl (C=O) groups excluding carboxylic acids is 2. The van der Waals surface area contributed by atoms with Gasteiger partial charge in [0.2, 0.25) is 11.8 Å². The minimum absolute atomic E-state index is 0.0486. The molecule has 0 bridgehead atoms. The summed E-state index contributed by atoms with van der Waals surface area (Å²) in [7, 11) is 1.49. The minimum Gasteiger partial charge on any atom is -0.493 e. The summed E-state index contributed by atoms with van der Waals surface area (Å²) < 4.78 is 11.7. The zero-order chi connectivity index (χ0) is 25.8. The third-order valence-electron chi connectivity index (χ3n) is 7.28. The summed E-state index contributed by atoms with van der Waals surface area (Å²) in [6.07, 6.45) is 7.45. The molecule has 9 nitrogen and oxygen atoms in total. The second-order valence-electron chi connectivity index (χ2n) is 9.51. The molecule has 2 aliphatic carbocycles. The maximum Gasteiger partial charge on any atom is 0.247 e. The summed E-state index contributed by atoms with van der Waals surface area (Å²) in [5, 5.41) is 33.4. The van der Waals surface area contributed by atoms with Crippen LogP contribution in [0.15, 0.2) is 35.9 Å². The summed E-state index contributed by atoms with van der Waals surface area (Å²) in [4.78, 5) is 28.4. The number of fused-ring (bicyclic) bond motifs is 3. The molecular weight excluding hydrogens is 464 g/mol. The molecule has 9 heteroatoms. The molecule has 4 unspecified atom stereocenters. The number of methoxy groups -OCH3 is 1. The fourth-order valence-corrected chi connectivity index (χ4v) is 5.65. The van der Waals surface area contributed by atoms with Crippen LogP contribution in [0.2, 0.25) is 0 Å². The van der Waals surface area contributed by atoms with Gasteiger partial charge in [-0.05, 0) is 49.1 Å². The minimum atomic E-state index is -1.10. The van der Waals surface area contributed by atoms with Gasteiger partial charge in [0.1, 0.15) is 12.2 Å². The van der Waals surface area contributed by atoms with E-state index in [4.69, 9.17) is 9.47 Å². The fraction of sp³-hybridized carbons (Fsp3) is 0.556. The van der Waals surface area contributed by atoms with E-state index in [2.05, 4.69) is 5.32 Å². The van der Waals surface area contributed by atoms with Crippen molar-refractivity contribution in [2.75, 3.05) is 20.3 Å². The highest BCUT2D eigenvalue weighted by atomic mass is 16.5. The van der Waals surface area contributed by atoms with Gasteiger partial charge >= 0.3 is 0 Å². The van der Waals surface area contributed by atoms with E-state index in [0.29, 0.717) is 34.6 Å². The van der Waals surface area contributed by atoms with E-state index in [1.54, 1.807) is 29.2 Å². The number of carbonyl (C=O) groups is 2. The first-order valence-corrected chi connectivity index (χ1v) is 12.7. The smallest absolute Gasteiger partial charge is 0.247 e. The number of ether oxygens (including phenoxy) is 2. The second kappa shape index (κ2) is 11.5. The molecule has 4 atom stereocenters. The van der Waals surface area contributed by atoms with Gasteiger partial charge < -0.3 is 35.0 Å². The number of hydrogen-bond donors (Lipinski definition) is 4.